The third-order valence-electron chi connectivity index (χ3n) is 4.08. The first-order valence-corrected chi connectivity index (χ1v) is 9.64. The van der Waals surface area contributed by atoms with Crippen LogP contribution in [0.3, 0.4) is 0 Å². The van der Waals surface area contributed by atoms with Gasteiger partial charge in [-0.1, -0.05) is 28.9 Å². The van der Waals surface area contributed by atoms with Crippen molar-refractivity contribution in [2.45, 2.75) is 37.1 Å². The van der Waals surface area contributed by atoms with E-state index in [0.29, 0.717) is 4.90 Å². The molecule has 1 heterocycles. The van der Waals surface area contributed by atoms with Gasteiger partial charge in [-0.15, -0.1) is 0 Å². The molecule has 0 spiro atoms. The SMILES string of the molecule is CCCN1CCC(N(C)S(=O)(=O)c2cccc(Br)c2)CC1. The Bertz CT molecular complexity index is 569. The molecule has 6 heteroatoms. The lowest BCUT2D eigenvalue weighted by Crippen LogP contribution is -2.45. The summed E-state index contributed by atoms with van der Waals surface area (Å²) in [6.07, 6.45) is 2.96. The average molecular weight is 375 g/mol. The standard InChI is InChI=1S/C15H23BrN2O2S/c1-3-9-18-10-7-14(8-11-18)17(2)21(19,20)15-6-4-5-13(16)12-15/h4-6,12,14H,3,7-11H2,1-2H3. The maximum absolute atomic E-state index is 12.7. The summed E-state index contributed by atoms with van der Waals surface area (Å²) in [6, 6.07) is 7.01. The van der Waals surface area contributed by atoms with Crippen LogP contribution >= 0.6 is 15.9 Å². The van der Waals surface area contributed by atoms with Gasteiger partial charge in [0, 0.05) is 17.6 Å². The minimum atomic E-state index is -3.41. The smallest absolute Gasteiger partial charge is 0.243 e. The number of benzene rings is 1. The number of halogens is 1. The van der Waals surface area contributed by atoms with Crippen LogP contribution in [0.25, 0.3) is 0 Å². The molecule has 0 N–H and O–H groups in total. The van der Waals surface area contributed by atoms with E-state index in [2.05, 4.69) is 27.8 Å². The van der Waals surface area contributed by atoms with Gasteiger partial charge >= 0.3 is 0 Å². The maximum atomic E-state index is 12.7. The fourth-order valence-corrected chi connectivity index (χ4v) is 4.83. The first kappa shape index (κ1) is 16.9. The highest BCUT2D eigenvalue weighted by molar-refractivity contribution is 9.10. The van der Waals surface area contributed by atoms with Crippen LogP contribution in [0.15, 0.2) is 33.6 Å². The van der Waals surface area contributed by atoms with E-state index < -0.39 is 10.0 Å². The molecule has 1 aliphatic heterocycles. The van der Waals surface area contributed by atoms with Crippen LogP contribution in [0, 0.1) is 0 Å². The number of rotatable bonds is 5. The number of piperidine rings is 1. The summed E-state index contributed by atoms with van der Waals surface area (Å²) in [6.45, 7) is 5.25. The molecule has 1 saturated heterocycles. The van der Waals surface area contributed by atoms with Crippen molar-refractivity contribution in [1.82, 2.24) is 9.21 Å². The van der Waals surface area contributed by atoms with Crippen molar-refractivity contribution in [3.05, 3.63) is 28.7 Å². The number of sulfonamides is 1. The van der Waals surface area contributed by atoms with Crippen molar-refractivity contribution in [3.8, 4) is 0 Å². The Balaban J connectivity index is 2.07. The Labute approximate surface area is 136 Å². The number of likely N-dealkylation sites (tertiary alicyclic amines) is 1. The quantitative estimate of drug-likeness (QED) is 0.795. The van der Waals surface area contributed by atoms with E-state index in [1.807, 2.05) is 6.07 Å². The molecule has 0 amide bonds. The third-order valence-corrected chi connectivity index (χ3v) is 6.48. The average Bonchev–Trinajstić information content (AvgIpc) is 2.47. The van der Waals surface area contributed by atoms with Crippen LogP contribution in [-0.2, 0) is 10.0 Å². The highest BCUT2D eigenvalue weighted by Crippen LogP contribution is 2.24. The molecule has 0 radical (unpaired) electrons. The van der Waals surface area contributed by atoms with E-state index in [-0.39, 0.29) is 6.04 Å². The molecular weight excluding hydrogens is 352 g/mol. The Morgan fingerprint density at radius 1 is 1.33 bits per heavy atom. The van der Waals surface area contributed by atoms with E-state index in [4.69, 9.17) is 0 Å². The van der Waals surface area contributed by atoms with Gasteiger partial charge in [0.05, 0.1) is 4.90 Å². The highest BCUT2D eigenvalue weighted by Gasteiger charge is 2.30. The lowest BCUT2D eigenvalue weighted by Gasteiger charge is -2.36. The summed E-state index contributed by atoms with van der Waals surface area (Å²) in [4.78, 5) is 2.77. The number of hydrogen-bond donors (Lipinski definition) is 0. The monoisotopic (exact) mass is 374 g/mol. The minimum Gasteiger partial charge on any atom is -0.303 e. The normalized spacial score (nSPS) is 18.3. The fourth-order valence-electron chi connectivity index (χ4n) is 2.81. The van der Waals surface area contributed by atoms with Crippen LogP contribution in [0.4, 0.5) is 0 Å². The number of hydrogen-bond acceptors (Lipinski definition) is 3. The van der Waals surface area contributed by atoms with Crippen LogP contribution in [-0.4, -0.2) is 50.3 Å². The molecule has 1 fully saturated rings. The molecule has 118 valence electrons. The van der Waals surface area contributed by atoms with Gasteiger partial charge < -0.3 is 4.90 Å². The van der Waals surface area contributed by atoms with E-state index in [1.165, 1.54) is 0 Å². The second-order valence-corrected chi connectivity index (χ2v) is 8.46. The Morgan fingerprint density at radius 3 is 2.57 bits per heavy atom. The van der Waals surface area contributed by atoms with Crippen LogP contribution in [0.2, 0.25) is 0 Å². The van der Waals surface area contributed by atoms with E-state index in [9.17, 15) is 8.42 Å². The maximum Gasteiger partial charge on any atom is 0.243 e. The second-order valence-electron chi connectivity index (χ2n) is 5.55. The summed E-state index contributed by atoms with van der Waals surface area (Å²) < 4.78 is 27.7. The van der Waals surface area contributed by atoms with Crippen LogP contribution in [0.5, 0.6) is 0 Å². The molecule has 0 atom stereocenters. The Morgan fingerprint density at radius 2 is 2.00 bits per heavy atom. The lowest BCUT2D eigenvalue weighted by atomic mass is 10.1. The van der Waals surface area contributed by atoms with Gasteiger partial charge in [-0.25, -0.2) is 8.42 Å². The van der Waals surface area contributed by atoms with Gasteiger partial charge in [-0.2, -0.15) is 4.31 Å². The fraction of sp³-hybridized carbons (Fsp3) is 0.600. The molecule has 0 saturated carbocycles. The van der Waals surface area contributed by atoms with Gasteiger partial charge in [0.15, 0.2) is 0 Å². The molecular formula is C15H23BrN2O2S. The number of nitrogens with zero attached hydrogens (tertiary/aromatic N) is 2. The van der Waals surface area contributed by atoms with Gasteiger partial charge in [0.2, 0.25) is 10.0 Å². The van der Waals surface area contributed by atoms with Crippen molar-refractivity contribution in [2.75, 3.05) is 26.7 Å². The molecule has 1 aromatic carbocycles. The van der Waals surface area contributed by atoms with Gasteiger partial charge in [-0.05, 0) is 57.1 Å². The van der Waals surface area contributed by atoms with Crippen molar-refractivity contribution in [3.63, 3.8) is 0 Å². The third kappa shape index (κ3) is 4.06. The molecule has 1 aliphatic rings. The molecule has 0 unspecified atom stereocenters. The summed E-state index contributed by atoms with van der Waals surface area (Å²) in [5, 5.41) is 0. The van der Waals surface area contributed by atoms with Crippen molar-refractivity contribution >= 4 is 26.0 Å². The molecule has 2 rings (SSSR count). The zero-order chi connectivity index (χ0) is 15.5. The molecule has 4 nitrogen and oxygen atoms in total. The largest absolute Gasteiger partial charge is 0.303 e. The minimum absolute atomic E-state index is 0.0992. The predicted octanol–water partition coefficient (Wildman–Crippen LogP) is 2.94. The zero-order valence-corrected chi connectivity index (χ0v) is 15.0. The van der Waals surface area contributed by atoms with E-state index in [0.717, 1.165) is 43.4 Å². The van der Waals surface area contributed by atoms with Gasteiger partial charge in [-0.3, -0.25) is 0 Å². The Hall–Kier alpha value is -0.430. The lowest BCUT2D eigenvalue weighted by molar-refractivity contribution is 0.170. The topological polar surface area (TPSA) is 40.6 Å². The summed E-state index contributed by atoms with van der Waals surface area (Å²) in [5.41, 5.74) is 0. The van der Waals surface area contributed by atoms with Crippen molar-refractivity contribution in [2.24, 2.45) is 0 Å². The molecule has 0 aliphatic carbocycles. The summed E-state index contributed by atoms with van der Waals surface area (Å²) in [7, 11) is -1.70. The highest BCUT2D eigenvalue weighted by atomic mass is 79.9. The molecule has 0 aromatic heterocycles. The predicted molar refractivity (Wildman–Crippen MR) is 88.8 cm³/mol. The molecule has 21 heavy (non-hydrogen) atoms. The van der Waals surface area contributed by atoms with Crippen LogP contribution in [0.1, 0.15) is 26.2 Å². The van der Waals surface area contributed by atoms with Gasteiger partial charge in [0.1, 0.15) is 0 Å². The Kier molecular flexibility index (Phi) is 5.82. The van der Waals surface area contributed by atoms with Crippen LogP contribution < -0.4 is 0 Å². The molecule has 0 bridgehead atoms. The van der Waals surface area contributed by atoms with Crippen molar-refractivity contribution < 1.29 is 8.42 Å². The van der Waals surface area contributed by atoms with Crippen molar-refractivity contribution in [1.29, 1.82) is 0 Å². The summed E-state index contributed by atoms with van der Waals surface area (Å²) in [5.74, 6) is 0. The zero-order valence-electron chi connectivity index (χ0n) is 12.6. The van der Waals surface area contributed by atoms with E-state index in [1.54, 1.807) is 29.6 Å². The molecule has 1 aromatic rings. The van der Waals surface area contributed by atoms with Gasteiger partial charge in [0.25, 0.3) is 0 Å². The summed E-state index contributed by atoms with van der Waals surface area (Å²) >= 11 is 3.34. The van der Waals surface area contributed by atoms with E-state index >= 15 is 0 Å². The first-order valence-electron chi connectivity index (χ1n) is 7.41. The first-order chi connectivity index (χ1) is 9.95. The second kappa shape index (κ2) is 7.22.